The van der Waals surface area contributed by atoms with Gasteiger partial charge < -0.3 is 0 Å². The zero-order valence-electron chi connectivity index (χ0n) is 13.1. The lowest BCUT2D eigenvalue weighted by Gasteiger charge is -2.02. The molecule has 122 valence electrons. The summed E-state index contributed by atoms with van der Waals surface area (Å²) in [7, 11) is 0. The molecule has 0 fully saturated rings. The second kappa shape index (κ2) is 11.5. The summed E-state index contributed by atoms with van der Waals surface area (Å²) in [6, 6.07) is 5.29. The fourth-order valence-electron chi connectivity index (χ4n) is 2.09. The molecule has 0 spiro atoms. The number of nitrogens with one attached hydrogen (secondary N) is 1. The first-order valence-corrected chi connectivity index (χ1v) is 8.66. The molecule has 3 nitrogen and oxygen atoms in total. The first-order valence-electron chi connectivity index (χ1n) is 7.91. The Balaban J connectivity index is 2.17. The van der Waals surface area contributed by atoms with Crippen molar-refractivity contribution in [1.82, 2.24) is 5.43 Å². The number of nitrogens with zero attached hydrogens (tertiary/aromatic N) is 1. The topological polar surface area (TPSA) is 41.5 Å². The molecule has 5 heteroatoms. The van der Waals surface area contributed by atoms with E-state index < -0.39 is 0 Å². The van der Waals surface area contributed by atoms with Crippen molar-refractivity contribution >= 4 is 35.3 Å². The molecule has 0 heterocycles. The zero-order chi connectivity index (χ0) is 16.2. The molecule has 0 bridgehead atoms. The number of halogens is 2. The van der Waals surface area contributed by atoms with Crippen molar-refractivity contribution in [3.63, 3.8) is 0 Å². The summed E-state index contributed by atoms with van der Waals surface area (Å²) in [6.45, 7) is 2.21. The quantitative estimate of drug-likeness (QED) is 0.336. The predicted molar refractivity (Wildman–Crippen MR) is 94.8 cm³/mol. The molecule has 22 heavy (non-hydrogen) atoms. The van der Waals surface area contributed by atoms with Crippen LogP contribution in [0.3, 0.4) is 0 Å². The zero-order valence-corrected chi connectivity index (χ0v) is 14.6. The average Bonchev–Trinajstić information content (AvgIpc) is 2.50. The van der Waals surface area contributed by atoms with Crippen LogP contribution < -0.4 is 5.43 Å². The summed E-state index contributed by atoms with van der Waals surface area (Å²) in [5, 5.41) is 4.83. The van der Waals surface area contributed by atoms with Gasteiger partial charge in [-0.05, 0) is 12.5 Å². The molecule has 0 saturated heterocycles. The molecule has 0 unspecified atom stereocenters. The SMILES string of the molecule is CCCCCCCCCC(=O)N/N=C/c1cccc(Cl)c1Cl. The summed E-state index contributed by atoms with van der Waals surface area (Å²) in [4.78, 5) is 11.6. The normalized spacial score (nSPS) is 11.0. The highest BCUT2D eigenvalue weighted by Crippen LogP contribution is 2.24. The molecule has 0 saturated carbocycles. The Morgan fingerprint density at radius 2 is 1.82 bits per heavy atom. The summed E-state index contributed by atoms with van der Waals surface area (Å²) in [5.74, 6) is -0.0667. The molecular weight excluding hydrogens is 319 g/mol. The third-order valence-corrected chi connectivity index (χ3v) is 4.22. The van der Waals surface area contributed by atoms with E-state index in [9.17, 15) is 4.79 Å². The van der Waals surface area contributed by atoms with Crippen molar-refractivity contribution < 1.29 is 4.79 Å². The Kier molecular flexibility index (Phi) is 9.93. The van der Waals surface area contributed by atoms with E-state index in [2.05, 4.69) is 17.5 Å². The molecule has 0 aliphatic carbocycles. The molecular formula is C17H24Cl2N2O. The first-order chi connectivity index (χ1) is 10.6. The summed E-state index contributed by atoms with van der Waals surface area (Å²) in [6.07, 6.45) is 10.4. The number of amides is 1. The summed E-state index contributed by atoms with van der Waals surface area (Å²) < 4.78 is 0. The number of benzene rings is 1. The fourth-order valence-corrected chi connectivity index (χ4v) is 2.45. The lowest BCUT2D eigenvalue weighted by atomic mass is 10.1. The van der Waals surface area contributed by atoms with E-state index in [-0.39, 0.29) is 5.91 Å². The fraction of sp³-hybridized carbons (Fsp3) is 0.529. The van der Waals surface area contributed by atoms with Crippen LogP contribution >= 0.6 is 23.2 Å². The van der Waals surface area contributed by atoms with E-state index in [4.69, 9.17) is 23.2 Å². The molecule has 1 N–H and O–H groups in total. The highest BCUT2D eigenvalue weighted by atomic mass is 35.5. The van der Waals surface area contributed by atoms with E-state index >= 15 is 0 Å². The van der Waals surface area contributed by atoms with Crippen LogP contribution in [-0.4, -0.2) is 12.1 Å². The highest BCUT2D eigenvalue weighted by molar-refractivity contribution is 6.43. The van der Waals surface area contributed by atoms with Crippen LogP contribution in [0.1, 0.15) is 63.9 Å². The van der Waals surface area contributed by atoms with Gasteiger partial charge in [0.2, 0.25) is 5.91 Å². The molecule has 1 aromatic rings. The predicted octanol–water partition coefficient (Wildman–Crippen LogP) is 5.58. The van der Waals surface area contributed by atoms with Crippen LogP contribution in [0.15, 0.2) is 23.3 Å². The minimum Gasteiger partial charge on any atom is -0.273 e. The van der Waals surface area contributed by atoms with Crippen molar-refractivity contribution in [2.45, 2.75) is 58.3 Å². The minimum absolute atomic E-state index is 0.0667. The van der Waals surface area contributed by atoms with Crippen molar-refractivity contribution in [1.29, 1.82) is 0 Å². The number of carbonyl (C=O) groups is 1. The molecule has 0 atom stereocenters. The Labute approximate surface area is 143 Å². The van der Waals surface area contributed by atoms with E-state index in [1.807, 2.05) is 0 Å². The van der Waals surface area contributed by atoms with E-state index in [1.165, 1.54) is 38.3 Å². The first kappa shape index (κ1) is 19.0. The van der Waals surface area contributed by atoms with Gasteiger partial charge in [-0.3, -0.25) is 4.79 Å². The minimum atomic E-state index is -0.0667. The second-order valence-corrected chi connectivity index (χ2v) is 6.09. The van der Waals surface area contributed by atoms with Crippen molar-refractivity contribution in [3.8, 4) is 0 Å². The van der Waals surface area contributed by atoms with Gasteiger partial charge in [0.05, 0.1) is 16.3 Å². The van der Waals surface area contributed by atoms with E-state index in [0.29, 0.717) is 22.0 Å². The van der Waals surface area contributed by atoms with Gasteiger partial charge in [0.1, 0.15) is 0 Å². The molecule has 0 aliphatic heterocycles. The summed E-state index contributed by atoms with van der Waals surface area (Å²) in [5.41, 5.74) is 3.20. The third kappa shape index (κ3) is 7.81. The maximum atomic E-state index is 11.6. The van der Waals surface area contributed by atoms with Crippen LogP contribution in [0.4, 0.5) is 0 Å². The third-order valence-electron chi connectivity index (χ3n) is 3.38. The van der Waals surface area contributed by atoms with Crippen LogP contribution in [0.25, 0.3) is 0 Å². The largest absolute Gasteiger partial charge is 0.273 e. The number of hydrazone groups is 1. The number of hydrogen-bond donors (Lipinski definition) is 1. The van der Waals surface area contributed by atoms with Crippen LogP contribution in [-0.2, 0) is 4.79 Å². The standard InChI is InChI=1S/C17H24Cl2N2O/c1-2-3-4-5-6-7-8-12-16(22)21-20-13-14-10-9-11-15(18)17(14)19/h9-11,13H,2-8,12H2,1H3,(H,21,22)/b20-13+. The Bertz CT molecular complexity index is 490. The molecule has 0 aliphatic rings. The highest BCUT2D eigenvalue weighted by Gasteiger charge is 2.02. The van der Waals surface area contributed by atoms with Gasteiger partial charge in [-0.15, -0.1) is 0 Å². The molecule has 1 amide bonds. The van der Waals surface area contributed by atoms with Crippen LogP contribution in [0, 0.1) is 0 Å². The maximum Gasteiger partial charge on any atom is 0.240 e. The van der Waals surface area contributed by atoms with Gasteiger partial charge >= 0.3 is 0 Å². The van der Waals surface area contributed by atoms with Gasteiger partial charge in [-0.1, -0.05) is 80.8 Å². The van der Waals surface area contributed by atoms with Crippen molar-refractivity contribution in [2.75, 3.05) is 0 Å². The van der Waals surface area contributed by atoms with Crippen LogP contribution in [0.2, 0.25) is 10.0 Å². The number of rotatable bonds is 10. The smallest absolute Gasteiger partial charge is 0.240 e. The monoisotopic (exact) mass is 342 g/mol. The Morgan fingerprint density at radius 1 is 1.14 bits per heavy atom. The van der Waals surface area contributed by atoms with Crippen molar-refractivity contribution in [2.24, 2.45) is 5.10 Å². The Morgan fingerprint density at radius 3 is 2.55 bits per heavy atom. The lowest BCUT2D eigenvalue weighted by molar-refractivity contribution is -0.121. The second-order valence-electron chi connectivity index (χ2n) is 5.31. The number of carbonyl (C=O) groups excluding carboxylic acids is 1. The summed E-state index contributed by atoms with van der Waals surface area (Å²) >= 11 is 11.9. The van der Waals surface area contributed by atoms with Crippen molar-refractivity contribution in [3.05, 3.63) is 33.8 Å². The van der Waals surface area contributed by atoms with E-state index in [0.717, 1.165) is 12.8 Å². The number of hydrogen-bond acceptors (Lipinski definition) is 2. The molecule has 1 rings (SSSR count). The maximum absolute atomic E-state index is 11.6. The van der Waals surface area contributed by atoms with Gasteiger partial charge in [0.25, 0.3) is 0 Å². The van der Waals surface area contributed by atoms with Crippen LogP contribution in [0.5, 0.6) is 0 Å². The molecule has 0 aromatic heterocycles. The van der Waals surface area contributed by atoms with Gasteiger partial charge in [0.15, 0.2) is 0 Å². The van der Waals surface area contributed by atoms with Gasteiger partial charge in [0, 0.05) is 12.0 Å². The number of unbranched alkanes of at least 4 members (excludes halogenated alkanes) is 6. The van der Waals surface area contributed by atoms with Gasteiger partial charge in [-0.2, -0.15) is 5.10 Å². The Hall–Kier alpha value is -1.06. The molecule has 1 aromatic carbocycles. The van der Waals surface area contributed by atoms with Gasteiger partial charge in [-0.25, -0.2) is 5.43 Å². The molecule has 0 radical (unpaired) electrons. The van der Waals surface area contributed by atoms with E-state index in [1.54, 1.807) is 18.2 Å². The lowest BCUT2D eigenvalue weighted by Crippen LogP contribution is -2.16. The average molecular weight is 343 g/mol.